The van der Waals surface area contributed by atoms with E-state index in [0.717, 1.165) is 32.3 Å². The molecule has 0 saturated carbocycles. The van der Waals surface area contributed by atoms with Crippen molar-refractivity contribution in [2.45, 2.75) is 25.9 Å². The lowest BCUT2D eigenvalue weighted by Crippen LogP contribution is -2.35. The number of rotatable bonds is 13. The minimum Gasteiger partial charge on any atom is -0.378 e. The predicted octanol–water partition coefficient (Wildman–Crippen LogP) is 4.74. The minimum absolute atomic E-state index is 0.180. The molecular weight excluding hydrogens is 425 g/mol. The number of hydrogen-bond donors (Lipinski definition) is 0. The Morgan fingerprint density at radius 1 is 0.667 bits per heavy atom. The average molecular weight is 465 g/mol. The van der Waals surface area contributed by atoms with E-state index in [4.69, 9.17) is 9.47 Å². The van der Waals surface area contributed by atoms with Crippen molar-refractivity contribution < 1.29 is 9.47 Å². The summed E-state index contributed by atoms with van der Waals surface area (Å²) in [7, 11) is 2.32. The lowest BCUT2D eigenvalue weighted by atomic mass is 10.1. The van der Waals surface area contributed by atoms with E-state index in [0.29, 0.717) is 6.61 Å². The van der Waals surface area contributed by atoms with Crippen LogP contribution in [-0.2, 0) is 9.47 Å². The fraction of sp³-hybridized carbons (Fsp3) is 0.379. The summed E-state index contributed by atoms with van der Waals surface area (Å²) in [6.07, 6.45) is 1.86. The SMILES string of the molecule is CN(C)CCOC(C)(C)CCOCC[P+](c1ccccc1)(c1ccccc1)c1ccccc1. The summed E-state index contributed by atoms with van der Waals surface area (Å²) < 4.78 is 12.3. The molecule has 0 unspecified atom stereocenters. The van der Waals surface area contributed by atoms with Crippen LogP contribution in [0.1, 0.15) is 20.3 Å². The maximum atomic E-state index is 6.25. The van der Waals surface area contributed by atoms with Gasteiger partial charge in [0.1, 0.15) is 23.2 Å². The van der Waals surface area contributed by atoms with Crippen LogP contribution >= 0.6 is 7.26 Å². The number of ether oxygens (including phenoxy) is 2. The van der Waals surface area contributed by atoms with E-state index in [1.54, 1.807) is 0 Å². The Morgan fingerprint density at radius 2 is 1.12 bits per heavy atom. The first-order chi connectivity index (χ1) is 15.9. The van der Waals surface area contributed by atoms with Gasteiger partial charge in [-0.3, -0.25) is 0 Å². The van der Waals surface area contributed by atoms with Gasteiger partial charge >= 0.3 is 0 Å². The number of nitrogens with zero attached hydrogens (tertiary/aromatic N) is 1. The van der Waals surface area contributed by atoms with E-state index in [1.165, 1.54) is 15.9 Å². The van der Waals surface area contributed by atoms with E-state index in [-0.39, 0.29) is 5.60 Å². The normalized spacial score (nSPS) is 12.3. The zero-order valence-electron chi connectivity index (χ0n) is 20.6. The first-order valence-electron chi connectivity index (χ1n) is 11.9. The van der Waals surface area contributed by atoms with E-state index in [2.05, 4.69) is 124 Å². The third kappa shape index (κ3) is 7.22. The Morgan fingerprint density at radius 3 is 1.55 bits per heavy atom. The first kappa shape index (κ1) is 25.6. The summed E-state index contributed by atoms with van der Waals surface area (Å²) >= 11 is 0. The van der Waals surface area contributed by atoms with Crippen LogP contribution in [0, 0.1) is 0 Å². The van der Waals surface area contributed by atoms with Gasteiger partial charge in [0.2, 0.25) is 0 Å². The molecule has 0 amide bonds. The van der Waals surface area contributed by atoms with Gasteiger partial charge in [0.05, 0.1) is 25.0 Å². The Bertz CT molecular complexity index is 833. The number of likely N-dealkylation sites (N-methyl/N-ethyl adjacent to an activating group) is 1. The van der Waals surface area contributed by atoms with Gasteiger partial charge in [0.25, 0.3) is 0 Å². The molecule has 0 atom stereocenters. The van der Waals surface area contributed by atoms with Crippen molar-refractivity contribution in [2.24, 2.45) is 0 Å². The van der Waals surface area contributed by atoms with Crippen molar-refractivity contribution in [1.29, 1.82) is 0 Å². The maximum Gasteiger partial charge on any atom is 0.114 e. The molecule has 0 N–H and O–H groups in total. The summed E-state index contributed by atoms with van der Waals surface area (Å²) in [5.41, 5.74) is -0.180. The van der Waals surface area contributed by atoms with E-state index >= 15 is 0 Å². The molecule has 33 heavy (non-hydrogen) atoms. The highest BCUT2D eigenvalue weighted by atomic mass is 31.2. The van der Waals surface area contributed by atoms with Crippen molar-refractivity contribution in [2.75, 3.05) is 46.6 Å². The third-order valence-corrected chi connectivity index (χ3v) is 10.4. The standard InChI is InChI=1S/C29H39NO2P/c1-29(2,32-23-21-30(3)4)20-22-31-24-25-33(26-14-8-5-9-15-26,27-16-10-6-11-17-27)28-18-12-7-13-19-28/h5-19H,20-25H2,1-4H3/q+1. The van der Waals surface area contributed by atoms with Crippen LogP contribution in [0.5, 0.6) is 0 Å². The van der Waals surface area contributed by atoms with Crippen LogP contribution in [0.25, 0.3) is 0 Å². The summed E-state index contributed by atoms with van der Waals surface area (Å²) in [5.74, 6) is 0. The topological polar surface area (TPSA) is 21.7 Å². The van der Waals surface area contributed by atoms with Gasteiger partial charge in [-0.1, -0.05) is 54.6 Å². The van der Waals surface area contributed by atoms with Gasteiger partial charge in [-0.2, -0.15) is 0 Å². The Balaban J connectivity index is 1.75. The van der Waals surface area contributed by atoms with E-state index in [1.807, 2.05) is 0 Å². The summed E-state index contributed by atoms with van der Waals surface area (Å²) in [5, 5.41) is 4.20. The molecule has 0 bridgehead atoms. The van der Waals surface area contributed by atoms with Crippen LogP contribution in [0.15, 0.2) is 91.0 Å². The first-order valence-corrected chi connectivity index (χ1v) is 13.8. The summed E-state index contributed by atoms with van der Waals surface area (Å²) in [6.45, 7) is 7.41. The monoisotopic (exact) mass is 464 g/mol. The highest BCUT2D eigenvalue weighted by Gasteiger charge is 2.44. The van der Waals surface area contributed by atoms with Crippen LogP contribution < -0.4 is 15.9 Å². The van der Waals surface area contributed by atoms with Gasteiger partial charge < -0.3 is 14.4 Å². The highest BCUT2D eigenvalue weighted by Crippen LogP contribution is 2.54. The molecule has 0 fully saturated rings. The van der Waals surface area contributed by atoms with Gasteiger partial charge in [0.15, 0.2) is 0 Å². The largest absolute Gasteiger partial charge is 0.378 e. The van der Waals surface area contributed by atoms with Crippen molar-refractivity contribution >= 4 is 23.2 Å². The number of hydrogen-bond acceptors (Lipinski definition) is 3. The highest BCUT2D eigenvalue weighted by molar-refractivity contribution is 7.95. The molecular formula is C29H39NO2P+. The van der Waals surface area contributed by atoms with Crippen molar-refractivity contribution in [3.8, 4) is 0 Å². The fourth-order valence-electron chi connectivity index (χ4n) is 4.08. The molecule has 0 saturated heterocycles. The lowest BCUT2D eigenvalue weighted by molar-refractivity contribution is -0.0435. The Labute approximate surface area is 201 Å². The van der Waals surface area contributed by atoms with Crippen LogP contribution in [0.3, 0.4) is 0 Å². The molecule has 176 valence electrons. The molecule has 0 aliphatic carbocycles. The zero-order valence-corrected chi connectivity index (χ0v) is 21.5. The Hall–Kier alpha value is -2.03. The van der Waals surface area contributed by atoms with E-state index in [9.17, 15) is 0 Å². The molecule has 3 aromatic carbocycles. The molecule has 0 aliphatic rings. The van der Waals surface area contributed by atoms with Crippen molar-refractivity contribution in [3.05, 3.63) is 91.0 Å². The second kappa shape index (κ2) is 12.4. The van der Waals surface area contributed by atoms with Crippen LogP contribution in [-0.4, -0.2) is 57.1 Å². The number of benzene rings is 3. The molecule has 4 heteroatoms. The smallest absolute Gasteiger partial charge is 0.114 e. The van der Waals surface area contributed by atoms with E-state index < -0.39 is 7.26 Å². The second-order valence-electron chi connectivity index (χ2n) is 9.31. The summed E-state index contributed by atoms with van der Waals surface area (Å²) in [6, 6.07) is 33.0. The minimum atomic E-state index is -1.82. The average Bonchev–Trinajstić information content (AvgIpc) is 2.83. The van der Waals surface area contributed by atoms with Crippen LogP contribution in [0.4, 0.5) is 0 Å². The molecule has 3 aromatic rings. The molecule has 0 radical (unpaired) electrons. The summed E-state index contributed by atoms with van der Waals surface area (Å²) in [4.78, 5) is 2.15. The molecule has 0 aliphatic heterocycles. The zero-order chi connectivity index (χ0) is 23.6. The fourth-order valence-corrected chi connectivity index (χ4v) is 8.20. The van der Waals surface area contributed by atoms with Gasteiger partial charge in [-0.05, 0) is 70.8 Å². The predicted molar refractivity (Wildman–Crippen MR) is 144 cm³/mol. The third-order valence-electron chi connectivity index (χ3n) is 6.04. The van der Waals surface area contributed by atoms with Gasteiger partial charge in [0, 0.05) is 13.2 Å². The second-order valence-corrected chi connectivity index (χ2v) is 12.9. The van der Waals surface area contributed by atoms with Crippen LogP contribution in [0.2, 0.25) is 0 Å². The quantitative estimate of drug-likeness (QED) is 0.269. The van der Waals surface area contributed by atoms with Gasteiger partial charge in [-0.25, -0.2) is 0 Å². The lowest BCUT2D eigenvalue weighted by Gasteiger charge is -2.28. The molecule has 0 aromatic heterocycles. The molecule has 0 heterocycles. The van der Waals surface area contributed by atoms with Crippen molar-refractivity contribution in [3.63, 3.8) is 0 Å². The molecule has 3 nitrogen and oxygen atoms in total. The van der Waals surface area contributed by atoms with Gasteiger partial charge in [-0.15, -0.1) is 0 Å². The Kier molecular flexibility index (Phi) is 9.64. The molecule has 3 rings (SSSR count). The van der Waals surface area contributed by atoms with Crippen molar-refractivity contribution in [1.82, 2.24) is 4.90 Å². The molecule has 0 spiro atoms. The maximum absolute atomic E-state index is 6.25.